The van der Waals surface area contributed by atoms with Gasteiger partial charge in [-0.1, -0.05) is 34.7 Å². The first-order valence-corrected chi connectivity index (χ1v) is 4.90. The van der Waals surface area contributed by atoms with E-state index < -0.39 is 5.67 Å². The second kappa shape index (κ2) is 2.44. The lowest BCUT2D eigenvalue weighted by molar-refractivity contribution is 0.159. The van der Waals surface area contributed by atoms with Crippen LogP contribution in [0.25, 0.3) is 0 Å². The topological polar surface area (TPSA) is 0 Å². The zero-order chi connectivity index (χ0) is 8.86. The van der Waals surface area contributed by atoms with Gasteiger partial charge < -0.3 is 0 Å². The highest BCUT2D eigenvalue weighted by molar-refractivity contribution is 14.1. The molecule has 0 saturated heterocycles. The molecule has 0 heterocycles. The molecule has 1 fully saturated rings. The number of halogens is 2. The minimum atomic E-state index is -1.11. The number of hydrogen-bond acceptors (Lipinski definition) is 0. The standard InChI is InChI=1S/C9H14FI/c1-6-5-7(6)9(4,11)8(2,3)10/h7H,1,5H2,2-4H3/t7-,9+/m0/s1. The van der Waals surface area contributed by atoms with Gasteiger partial charge in [0.25, 0.3) is 0 Å². The van der Waals surface area contributed by atoms with Gasteiger partial charge in [-0.25, -0.2) is 4.39 Å². The van der Waals surface area contributed by atoms with E-state index >= 15 is 0 Å². The predicted molar refractivity (Wildman–Crippen MR) is 54.9 cm³/mol. The predicted octanol–water partition coefficient (Wildman–Crippen LogP) is 3.50. The normalized spacial score (nSPS) is 29.9. The molecule has 1 saturated carbocycles. The molecule has 0 amide bonds. The fourth-order valence-corrected chi connectivity index (χ4v) is 1.85. The van der Waals surface area contributed by atoms with Crippen molar-refractivity contribution in [2.75, 3.05) is 0 Å². The Kier molecular flexibility index (Phi) is 2.11. The van der Waals surface area contributed by atoms with Gasteiger partial charge >= 0.3 is 0 Å². The summed E-state index contributed by atoms with van der Waals surface area (Å²) in [6, 6.07) is 0. The highest BCUT2D eigenvalue weighted by Gasteiger charge is 2.52. The molecule has 0 unspecified atom stereocenters. The van der Waals surface area contributed by atoms with Crippen LogP contribution in [-0.2, 0) is 0 Å². The molecule has 0 aromatic heterocycles. The fourth-order valence-electron chi connectivity index (χ4n) is 1.19. The lowest BCUT2D eigenvalue weighted by atomic mass is 9.90. The highest BCUT2D eigenvalue weighted by atomic mass is 127. The molecule has 0 N–H and O–H groups in total. The van der Waals surface area contributed by atoms with E-state index in [4.69, 9.17) is 0 Å². The average molecular weight is 268 g/mol. The van der Waals surface area contributed by atoms with Crippen LogP contribution < -0.4 is 0 Å². The number of rotatable bonds is 2. The van der Waals surface area contributed by atoms with Crippen LogP contribution in [0.1, 0.15) is 27.2 Å². The maximum Gasteiger partial charge on any atom is 0.120 e. The Bertz CT molecular complexity index is 188. The molecular weight excluding hydrogens is 254 g/mol. The average Bonchev–Trinajstić information content (AvgIpc) is 2.43. The quantitative estimate of drug-likeness (QED) is 0.408. The van der Waals surface area contributed by atoms with E-state index in [1.807, 2.05) is 6.92 Å². The summed E-state index contributed by atoms with van der Waals surface area (Å²) in [5, 5.41) is 0. The Morgan fingerprint density at radius 3 is 2.00 bits per heavy atom. The zero-order valence-electron chi connectivity index (χ0n) is 7.25. The smallest absolute Gasteiger partial charge is 0.120 e. The minimum absolute atomic E-state index is 0.276. The summed E-state index contributed by atoms with van der Waals surface area (Å²) in [5.41, 5.74) is 0.0881. The molecular formula is C9H14FI. The van der Waals surface area contributed by atoms with Gasteiger partial charge in [0.1, 0.15) is 5.67 Å². The van der Waals surface area contributed by atoms with Crippen molar-refractivity contribution in [2.24, 2.45) is 5.92 Å². The van der Waals surface area contributed by atoms with E-state index in [2.05, 4.69) is 29.2 Å². The summed E-state index contributed by atoms with van der Waals surface area (Å²) >= 11 is 2.21. The van der Waals surface area contributed by atoms with Crippen LogP contribution >= 0.6 is 22.6 Å². The van der Waals surface area contributed by atoms with E-state index in [0.29, 0.717) is 5.92 Å². The van der Waals surface area contributed by atoms with Crippen LogP contribution in [0.3, 0.4) is 0 Å². The first-order valence-electron chi connectivity index (χ1n) is 3.82. The molecule has 0 nitrogen and oxygen atoms in total. The van der Waals surface area contributed by atoms with E-state index in [1.54, 1.807) is 13.8 Å². The summed E-state index contributed by atoms with van der Waals surface area (Å²) in [5.74, 6) is 0.392. The largest absolute Gasteiger partial charge is 0.243 e. The Labute approximate surface area is 81.4 Å². The molecule has 0 aliphatic heterocycles. The Balaban J connectivity index is 2.75. The van der Waals surface area contributed by atoms with Crippen molar-refractivity contribution in [2.45, 2.75) is 36.3 Å². The Hall–Kier alpha value is 0.400. The molecule has 1 rings (SSSR count). The number of hydrogen-bond donors (Lipinski definition) is 0. The van der Waals surface area contributed by atoms with E-state index in [9.17, 15) is 4.39 Å². The summed E-state index contributed by atoms with van der Waals surface area (Å²) in [7, 11) is 0. The molecule has 2 atom stereocenters. The van der Waals surface area contributed by atoms with Crippen LogP contribution in [0.15, 0.2) is 12.2 Å². The SMILES string of the molecule is C=C1C[C@@H]1[C@@](C)(I)C(C)(C)F. The van der Waals surface area contributed by atoms with Gasteiger partial charge in [0, 0.05) is 5.92 Å². The van der Waals surface area contributed by atoms with Crippen molar-refractivity contribution in [1.29, 1.82) is 0 Å². The van der Waals surface area contributed by atoms with Crippen molar-refractivity contribution in [3.63, 3.8) is 0 Å². The minimum Gasteiger partial charge on any atom is -0.243 e. The molecule has 0 aromatic carbocycles. The first-order chi connectivity index (χ1) is 4.77. The van der Waals surface area contributed by atoms with Gasteiger partial charge in [-0.2, -0.15) is 0 Å². The van der Waals surface area contributed by atoms with E-state index in [0.717, 1.165) is 6.42 Å². The van der Waals surface area contributed by atoms with Gasteiger partial charge in [0.2, 0.25) is 0 Å². The Morgan fingerprint density at radius 1 is 1.55 bits per heavy atom. The van der Waals surface area contributed by atoms with Crippen LogP contribution in [0, 0.1) is 5.92 Å². The van der Waals surface area contributed by atoms with Gasteiger partial charge in [0.05, 0.1) is 3.42 Å². The molecule has 0 bridgehead atoms. The number of allylic oxidation sites excluding steroid dienone is 1. The molecule has 1 aliphatic rings. The fraction of sp³-hybridized carbons (Fsp3) is 0.778. The molecule has 1 aliphatic carbocycles. The second-order valence-electron chi connectivity index (χ2n) is 3.96. The molecule has 11 heavy (non-hydrogen) atoms. The van der Waals surface area contributed by atoms with Crippen LogP contribution in [0.2, 0.25) is 0 Å². The maximum absolute atomic E-state index is 13.6. The van der Waals surface area contributed by atoms with Crippen molar-refractivity contribution in [1.82, 2.24) is 0 Å². The zero-order valence-corrected chi connectivity index (χ0v) is 9.40. The van der Waals surface area contributed by atoms with Crippen molar-refractivity contribution in [3.05, 3.63) is 12.2 Å². The van der Waals surface area contributed by atoms with Gasteiger partial charge in [-0.05, 0) is 27.2 Å². The second-order valence-corrected chi connectivity index (χ2v) is 6.20. The van der Waals surface area contributed by atoms with Crippen molar-refractivity contribution in [3.8, 4) is 0 Å². The van der Waals surface area contributed by atoms with Crippen LogP contribution in [-0.4, -0.2) is 9.09 Å². The van der Waals surface area contributed by atoms with Gasteiger partial charge in [-0.15, -0.1) is 0 Å². The van der Waals surface area contributed by atoms with E-state index in [1.165, 1.54) is 5.57 Å². The maximum atomic E-state index is 13.6. The highest BCUT2D eigenvalue weighted by Crippen LogP contribution is 2.54. The summed E-state index contributed by atoms with van der Waals surface area (Å²) in [6.45, 7) is 9.11. The summed E-state index contributed by atoms with van der Waals surface area (Å²) in [6.07, 6.45) is 1.01. The third-order valence-corrected chi connectivity index (χ3v) is 4.65. The molecule has 2 heteroatoms. The molecule has 0 spiro atoms. The lowest BCUT2D eigenvalue weighted by Gasteiger charge is -2.33. The van der Waals surface area contributed by atoms with Gasteiger partial charge in [-0.3, -0.25) is 0 Å². The van der Waals surface area contributed by atoms with Crippen LogP contribution in [0.4, 0.5) is 4.39 Å². The van der Waals surface area contributed by atoms with Crippen molar-refractivity contribution < 1.29 is 4.39 Å². The third-order valence-electron chi connectivity index (χ3n) is 2.62. The van der Waals surface area contributed by atoms with Gasteiger partial charge in [0.15, 0.2) is 0 Å². The molecule has 0 radical (unpaired) electrons. The first kappa shape index (κ1) is 9.49. The molecule has 64 valence electrons. The summed E-state index contributed by atoms with van der Waals surface area (Å²) < 4.78 is 13.3. The summed E-state index contributed by atoms with van der Waals surface area (Å²) in [4.78, 5) is 0. The third kappa shape index (κ3) is 1.60. The van der Waals surface area contributed by atoms with Crippen LogP contribution in [0.5, 0.6) is 0 Å². The monoisotopic (exact) mass is 268 g/mol. The lowest BCUT2D eigenvalue weighted by Crippen LogP contribution is -2.40. The van der Waals surface area contributed by atoms with E-state index in [-0.39, 0.29) is 3.42 Å². The number of alkyl halides is 2. The Morgan fingerprint density at radius 2 is 1.91 bits per heavy atom. The molecule has 0 aromatic rings. The van der Waals surface area contributed by atoms with Crippen molar-refractivity contribution >= 4 is 22.6 Å².